The Bertz CT molecular complexity index is 1090. The SMILES string of the molecule is COc1cc(C=C(C#N)c2ccccc2Cl)cc(I)c1OCc1ccc(C)cc1. The van der Waals surface area contributed by atoms with Gasteiger partial charge in [0.25, 0.3) is 0 Å². The fourth-order valence-electron chi connectivity index (χ4n) is 2.82. The highest BCUT2D eigenvalue weighted by Crippen LogP contribution is 2.36. The molecule has 3 rings (SSSR count). The van der Waals surface area contributed by atoms with Gasteiger partial charge in [0.1, 0.15) is 6.61 Å². The molecular formula is C24H19ClINO2. The van der Waals surface area contributed by atoms with Gasteiger partial charge in [-0.3, -0.25) is 0 Å². The maximum atomic E-state index is 9.61. The van der Waals surface area contributed by atoms with Crippen molar-refractivity contribution < 1.29 is 9.47 Å². The zero-order valence-electron chi connectivity index (χ0n) is 16.1. The number of hydrogen-bond acceptors (Lipinski definition) is 3. The fourth-order valence-corrected chi connectivity index (χ4v) is 3.84. The Labute approximate surface area is 189 Å². The first kappa shape index (κ1) is 21.2. The number of hydrogen-bond donors (Lipinski definition) is 0. The third-order valence-electron chi connectivity index (χ3n) is 4.35. The number of allylic oxidation sites excluding steroid dienone is 1. The summed E-state index contributed by atoms with van der Waals surface area (Å²) in [4.78, 5) is 0. The molecule has 3 aromatic rings. The number of halogens is 2. The highest BCUT2D eigenvalue weighted by atomic mass is 127. The first-order valence-corrected chi connectivity index (χ1v) is 10.4. The van der Waals surface area contributed by atoms with Crippen molar-refractivity contribution in [1.29, 1.82) is 5.26 Å². The summed E-state index contributed by atoms with van der Waals surface area (Å²) in [6.45, 7) is 2.51. The van der Waals surface area contributed by atoms with Gasteiger partial charge in [-0.2, -0.15) is 5.26 Å². The standard InChI is InChI=1S/C24H19ClINO2/c1-16-7-9-17(10-8-16)15-29-24-22(26)12-18(13-23(24)28-2)11-19(14-27)20-5-3-4-6-21(20)25/h3-13H,15H2,1-2H3. The molecule has 0 aliphatic carbocycles. The minimum Gasteiger partial charge on any atom is -0.493 e. The number of ether oxygens (including phenoxy) is 2. The summed E-state index contributed by atoms with van der Waals surface area (Å²) in [7, 11) is 1.61. The Balaban J connectivity index is 1.90. The van der Waals surface area contributed by atoms with E-state index in [1.54, 1.807) is 19.3 Å². The van der Waals surface area contributed by atoms with E-state index in [1.807, 2.05) is 30.3 Å². The second-order valence-corrected chi connectivity index (χ2v) is 8.03. The van der Waals surface area contributed by atoms with E-state index in [9.17, 15) is 5.26 Å². The van der Waals surface area contributed by atoms with Crippen molar-refractivity contribution in [2.75, 3.05) is 7.11 Å². The van der Waals surface area contributed by atoms with Gasteiger partial charge in [0.05, 0.1) is 22.3 Å². The van der Waals surface area contributed by atoms with Crippen LogP contribution in [-0.4, -0.2) is 7.11 Å². The molecular weight excluding hydrogens is 497 g/mol. The van der Waals surface area contributed by atoms with Gasteiger partial charge in [0.2, 0.25) is 0 Å². The summed E-state index contributed by atoms with van der Waals surface area (Å²) in [5.41, 5.74) is 4.32. The molecule has 0 saturated carbocycles. The minimum absolute atomic E-state index is 0.449. The van der Waals surface area contributed by atoms with Gasteiger partial charge in [-0.05, 0) is 64.9 Å². The highest BCUT2D eigenvalue weighted by molar-refractivity contribution is 14.1. The minimum atomic E-state index is 0.449. The molecule has 0 aliphatic heterocycles. The van der Waals surface area contributed by atoms with Crippen LogP contribution in [0.15, 0.2) is 60.7 Å². The molecule has 0 N–H and O–H groups in total. The van der Waals surface area contributed by atoms with Gasteiger partial charge >= 0.3 is 0 Å². The normalized spacial score (nSPS) is 11.1. The van der Waals surface area contributed by atoms with Crippen LogP contribution in [0, 0.1) is 21.8 Å². The number of methoxy groups -OCH3 is 1. The third-order valence-corrected chi connectivity index (χ3v) is 5.48. The Morgan fingerprint density at radius 2 is 1.86 bits per heavy atom. The lowest BCUT2D eigenvalue weighted by atomic mass is 10.0. The lowest BCUT2D eigenvalue weighted by molar-refractivity contribution is 0.282. The van der Waals surface area contributed by atoms with Crippen LogP contribution in [0.4, 0.5) is 0 Å². The quantitative estimate of drug-likeness (QED) is 0.204. The highest BCUT2D eigenvalue weighted by Gasteiger charge is 2.13. The Morgan fingerprint density at radius 3 is 2.52 bits per heavy atom. The van der Waals surface area contributed by atoms with E-state index in [0.29, 0.717) is 34.3 Å². The largest absolute Gasteiger partial charge is 0.493 e. The van der Waals surface area contributed by atoms with Crippen LogP contribution in [0.1, 0.15) is 22.3 Å². The molecule has 146 valence electrons. The van der Waals surface area contributed by atoms with Crippen molar-refractivity contribution in [2.24, 2.45) is 0 Å². The molecule has 3 aromatic carbocycles. The van der Waals surface area contributed by atoms with Crippen molar-refractivity contribution in [2.45, 2.75) is 13.5 Å². The van der Waals surface area contributed by atoms with E-state index < -0.39 is 0 Å². The molecule has 0 amide bonds. The number of aryl methyl sites for hydroxylation is 1. The van der Waals surface area contributed by atoms with Crippen LogP contribution in [0.3, 0.4) is 0 Å². The molecule has 0 radical (unpaired) electrons. The second-order valence-electron chi connectivity index (χ2n) is 6.46. The molecule has 0 fully saturated rings. The zero-order chi connectivity index (χ0) is 20.8. The molecule has 0 saturated heterocycles. The first-order chi connectivity index (χ1) is 14.0. The molecule has 0 aliphatic rings. The van der Waals surface area contributed by atoms with E-state index >= 15 is 0 Å². The maximum Gasteiger partial charge on any atom is 0.174 e. The van der Waals surface area contributed by atoms with Gasteiger partial charge in [-0.25, -0.2) is 0 Å². The predicted molar refractivity (Wildman–Crippen MR) is 126 cm³/mol. The molecule has 5 heteroatoms. The van der Waals surface area contributed by atoms with Crippen LogP contribution in [0.2, 0.25) is 5.02 Å². The second kappa shape index (κ2) is 9.82. The summed E-state index contributed by atoms with van der Waals surface area (Å²) >= 11 is 8.47. The van der Waals surface area contributed by atoms with E-state index in [-0.39, 0.29) is 0 Å². The van der Waals surface area contributed by atoms with Crippen LogP contribution in [0.5, 0.6) is 11.5 Å². The maximum absolute atomic E-state index is 9.61. The monoisotopic (exact) mass is 515 g/mol. The van der Waals surface area contributed by atoms with Gasteiger partial charge in [0, 0.05) is 10.6 Å². The predicted octanol–water partition coefficient (Wildman–Crippen LogP) is 6.90. The van der Waals surface area contributed by atoms with Crippen molar-refractivity contribution in [3.63, 3.8) is 0 Å². The third kappa shape index (κ3) is 5.31. The van der Waals surface area contributed by atoms with Gasteiger partial charge in [-0.1, -0.05) is 59.6 Å². The Morgan fingerprint density at radius 1 is 1.14 bits per heavy atom. The smallest absolute Gasteiger partial charge is 0.174 e. The van der Waals surface area contributed by atoms with E-state index in [1.165, 1.54) is 5.56 Å². The molecule has 29 heavy (non-hydrogen) atoms. The van der Waals surface area contributed by atoms with Crippen molar-refractivity contribution in [1.82, 2.24) is 0 Å². The van der Waals surface area contributed by atoms with Crippen LogP contribution in [0.25, 0.3) is 11.6 Å². The molecule has 3 nitrogen and oxygen atoms in total. The van der Waals surface area contributed by atoms with Crippen LogP contribution < -0.4 is 9.47 Å². The molecule has 0 spiro atoms. The van der Waals surface area contributed by atoms with Crippen molar-refractivity contribution in [3.05, 3.63) is 91.5 Å². The lowest BCUT2D eigenvalue weighted by Gasteiger charge is -2.14. The van der Waals surface area contributed by atoms with E-state index in [0.717, 1.165) is 14.7 Å². The first-order valence-electron chi connectivity index (χ1n) is 8.94. The van der Waals surface area contributed by atoms with Crippen LogP contribution in [-0.2, 0) is 6.61 Å². The number of nitrogens with zero attached hydrogens (tertiary/aromatic N) is 1. The summed E-state index contributed by atoms with van der Waals surface area (Å²) in [5, 5.41) is 10.2. The Hall–Kier alpha value is -2.49. The van der Waals surface area contributed by atoms with E-state index in [2.05, 4.69) is 59.8 Å². The Kier molecular flexibility index (Phi) is 7.18. The zero-order valence-corrected chi connectivity index (χ0v) is 19.0. The molecule has 0 heterocycles. The topological polar surface area (TPSA) is 42.2 Å². The molecule has 0 aromatic heterocycles. The van der Waals surface area contributed by atoms with Crippen LogP contribution >= 0.6 is 34.2 Å². The summed E-state index contributed by atoms with van der Waals surface area (Å²) in [6, 6.07) is 21.6. The summed E-state index contributed by atoms with van der Waals surface area (Å²) in [5.74, 6) is 1.30. The molecule has 0 atom stereocenters. The average molecular weight is 516 g/mol. The van der Waals surface area contributed by atoms with Gasteiger partial charge in [0.15, 0.2) is 11.5 Å². The fraction of sp³-hybridized carbons (Fsp3) is 0.125. The molecule has 0 bridgehead atoms. The lowest BCUT2D eigenvalue weighted by Crippen LogP contribution is -2.00. The number of nitriles is 1. The summed E-state index contributed by atoms with van der Waals surface area (Å²) < 4.78 is 12.5. The van der Waals surface area contributed by atoms with Gasteiger partial charge < -0.3 is 9.47 Å². The number of rotatable bonds is 6. The van der Waals surface area contributed by atoms with Crippen molar-refractivity contribution in [3.8, 4) is 17.6 Å². The van der Waals surface area contributed by atoms with E-state index in [4.69, 9.17) is 21.1 Å². The van der Waals surface area contributed by atoms with Crippen molar-refractivity contribution >= 4 is 45.8 Å². The average Bonchev–Trinajstić information content (AvgIpc) is 2.72. The molecule has 0 unspecified atom stereocenters. The summed E-state index contributed by atoms with van der Waals surface area (Å²) in [6.07, 6.45) is 1.80. The number of benzene rings is 3. The van der Waals surface area contributed by atoms with Gasteiger partial charge in [-0.15, -0.1) is 0 Å².